The van der Waals surface area contributed by atoms with E-state index < -0.39 is 0 Å². The number of rotatable bonds is 0. The van der Waals surface area contributed by atoms with E-state index in [4.69, 9.17) is 5.39 Å². The van der Waals surface area contributed by atoms with Crippen molar-refractivity contribution in [3.63, 3.8) is 0 Å². The molecule has 1 aliphatic carbocycles. The summed E-state index contributed by atoms with van der Waals surface area (Å²) >= 11 is 0. The molecule has 1 aliphatic rings. The molecule has 0 saturated carbocycles. The molecule has 2 aromatic rings. The highest BCUT2D eigenvalue weighted by Crippen LogP contribution is 2.37. The van der Waals surface area contributed by atoms with Crippen molar-refractivity contribution in [1.29, 1.82) is 5.39 Å². The van der Waals surface area contributed by atoms with Crippen LogP contribution in [0.25, 0.3) is 21.8 Å². The van der Waals surface area contributed by atoms with Crippen molar-refractivity contribution in [1.82, 2.24) is 0 Å². The molecule has 0 amide bonds. The molecule has 0 unspecified atom stereocenters. The van der Waals surface area contributed by atoms with E-state index in [0.29, 0.717) is 6.42 Å². The number of hydrogen-bond acceptors (Lipinski definition) is 2. The minimum absolute atomic E-state index is 0.0925. The van der Waals surface area contributed by atoms with Gasteiger partial charge in [-0.1, -0.05) is 42.5 Å². The van der Waals surface area contributed by atoms with E-state index in [0.717, 1.165) is 22.3 Å². The van der Waals surface area contributed by atoms with Gasteiger partial charge in [0.15, 0.2) is 10.7 Å². The number of hydrogen-bond donors (Lipinski definition) is 1. The monoisotopic (exact) mass is 235 g/mol. The molecule has 0 saturated heterocycles. The molecular formula is C15H11N2O+. The number of nitrogens with zero attached hydrogens (tertiary/aromatic N) is 2. The van der Waals surface area contributed by atoms with Crippen LogP contribution in [0.15, 0.2) is 54.3 Å². The van der Waals surface area contributed by atoms with Crippen molar-refractivity contribution in [2.75, 3.05) is 0 Å². The predicted octanol–water partition coefficient (Wildman–Crippen LogP) is 3.99. The van der Waals surface area contributed by atoms with Gasteiger partial charge in [0.2, 0.25) is 5.39 Å². The Morgan fingerprint density at radius 2 is 1.50 bits per heavy atom. The Bertz CT molecular complexity index is 696. The van der Waals surface area contributed by atoms with E-state index in [1.165, 1.54) is 0 Å². The number of allylic oxidation sites excluding steroid dienone is 1. The summed E-state index contributed by atoms with van der Waals surface area (Å²) in [5, 5.41) is 19.2. The first-order valence-electron chi connectivity index (χ1n) is 5.76. The van der Waals surface area contributed by atoms with E-state index in [9.17, 15) is 5.11 Å². The molecular weight excluding hydrogens is 224 g/mol. The molecule has 3 heteroatoms. The summed E-state index contributed by atoms with van der Waals surface area (Å²) in [4.78, 5) is 3.24. The van der Waals surface area contributed by atoms with Crippen LogP contribution in [0.3, 0.4) is 0 Å². The van der Waals surface area contributed by atoms with E-state index in [-0.39, 0.29) is 11.5 Å². The van der Waals surface area contributed by atoms with Gasteiger partial charge in [-0.2, -0.15) is 0 Å². The quantitative estimate of drug-likeness (QED) is 0.702. The van der Waals surface area contributed by atoms with E-state index in [1.807, 2.05) is 48.5 Å². The molecule has 0 aliphatic heterocycles. The highest BCUT2D eigenvalue weighted by molar-refractivity contribution is 5.87. The van der Waals surface area contributed by atoms with Gasteiger partial charge in [-0.15, -0.1) is 0 Å². The van der Waals surface area contributed by atoms with Crippen LogP contribution in [-0.2, 0) is 6.42 Å². The summed E-state index contributed by atoms with van der Waals surface area (Å²) in [6, 6.07) is 15.5. The Kier molecular flexibility index (Phi) is 2.35. The zero-order valence-corrected chi connectivity index (χ0v) is 9.67. The molecule has 0 aromatic heterocycles. The first-order valence-corrected chi connectivity index (χ1v) is 5.76. The molecule has 0 spiro atoms. The fraction of sp³-hybridized carbons (Fsp3) is 0.0667. The Balaban J connectivity index is 2.40. The lowest BCUT2D eigenvalue weighted by Crippen LogP contribution is -1.90. The van der Waals surface area contributed by atoms with Gasteiger partial charge in [0, 0.05) is 6.42 Å². The average molecular weight is 235 g/mol. The summed E-state index contributed by atoms with van der Waals surface area (Å²) in [5.41, 5.74) is 4.08. The molecule has 1 N–H and O–H groups in total. The standard InChI is InChI=1S/C15H10N2O/c16-17-15-13-8-4-3-7-12(13)11-6-2-1-5-10(11)9-14(15)18/h1-8H,9H2/p+1. The molecule has 0 bridgehead atoms. The summed E-state index contributed by atoms with van der Waals surface area (Å²) in [7, 11) is 0. The smallest absolute Gasteiger partial charge is 0.429 e. The summed E-state index contributed by atoms with van der Waals surface area (Å²) in [6.07, 6.45) is 0.379. The molecule has 18 heavy (non-hydrogen) atoms. The van der Waals surface area contributed by atoms with Crippen LogP contribution in [0.2, 0.25) is 0 Å². The summed E-state index contributed by atoms with van der Waals surface area (Å²) < 4.78 is 0. The number of diazo groups is 1. The maximum Gasteiger partial charge on any atom is 0.429 e. The van der Waals surface area contributed by atoms with Gasteiger partial charge in [0.05, 0.1) is 5.56 Å². The topological polar surface area (TPSA) is 48.4 Å². The summed E-state index contributed by atoms with van der Waals surface area (Å²) in [5.74, 6) is 0.0925. The Hall–Kier alpha value is -2.60. The zero-order valence-electron chi connectivity index (χ0n) is 9.67. The van der Waals surface area contributed by atoms with Crippen LogP contribution in [0.4, 0.5) is 0 Å². The molecule has 0 atom stereocenters. The number of aliphatic hydroxyl groups excluding tert-OH is 1. The SMILES string of the molecule is N#[N+]C1=C(O)Cc2ccccc2-c2ccccc21. The minimum atomic E-state index is 0.0925. The van der Waals surface area contributed by atoms with Crippen LogP contribution < -0.4 is 0 Å². The van der Waals surface area contributed by atoms with Crippen molar-refractivity contribution in [3.05, 3.63) is 70.4 Å². The van der Waals surface area contributed by atoms with Crippen molar-refractivity contribution in [2.45, 2.75) is 6.42 Å². The highest BCUT2D eigenvalue weighted by atomic mass is 16.3. The van der Waals surface area contributed by atoms with Gasteiger partial charge >= 0.3 is 5.70 Å². The second kappa shape index (κ2) is 4.01. The lowest BCUT2D eigenvalue weighted by Gasteiger charge is -2.06. The molecule has 3 rings (SSSR count). The van der Waals surface area contributed by atoms with Gasteiger partial charge in [-0.3, -0.25) is 0 Å². The Morgan fingerprint density at radius 3 is 2.22 bits per heavy atom. The molecule has 0 radical (unpaired) electrons. The third-order valence-corrected chi connectivity index (χ3v) is 3.22. The number of benzene rings is 2. The highest BCUT2D eigenvalue weighted by Gasteiger charge is 2.29. The van der Waals surface area contributed by atoms with Crippen LogP contribution in [0, 0.1) is 5.39 Å². The maximum absolute atomic E-state index is 10.1. The normalized spacial score (nSPS) is 13.3. The predicted molar refractivity (Wildman–Crippen MR) is 70.2 cm³/mol. The van der Waals surface area contributed by atoms with Crippen molar-refractivity contribution >= 4 is 5.70 Å². The second-order valence-electron chi connectivity index (χ2n) is 4.27. The first kappa shape index (κ1) is 10.5. The number of aliphatic hydroxyl groups is 1. The number of fused-ring (bicyclic) bond motifs is 3. The fourth-order valence-corrected chi connectivity index (χ4v) is 2.39. The van der Waals surface area contributed by atoms with Crippen LogP contribution in [0.1, 0.15) is 11.1 Å². The third-order valence-electron chi connectivity index (χ3n) is 3.22. The van der Waals surface area contributed by atoms with Crippen LogP contribution in [0.5, 0.6) is 0 Å². The minimum Gasteiger partial charge on any atom is -0.505 e. The molecule has 86 valence electrons. The van der Waals surface area contributed by atoms with Crippen molar-refractivity contribution in [2.24, 2.45) is 0 Å². The largest absolute Gasteiger partial charge is 0.505 e. The maximum atomic E-state index is 10.1. The zero-order chi connectivity index (χ0) is 12.5. The van der Waals surface area contributed by atoms with E-state index >= 15 is 0 Å². The van der Waals surface area contributed by atoms with Crippen molar-refractivity contribution in [3.8, 4) is 11.1 Å². The Morgan fingerprint density at radius 1 is 0.889 bits per heavy atom. The van der Waals surface area contributed by atoms with Gasteiger partial charge in [0.25, 0.3) is 0 Å². The van der Waals surface area contributed by atoms with Crippen molar-refractivity contribution < 1.29 is 5.11 Å². The Labute approximate surface area is 105 Å². The third kappa shape index (κ3) is 1.47. The van der Waals surface area contributed by atoms with Gasteiger partial charge in [-0.25, -0.2) is 0 Å². The fourth-order valence-electron chi connectivity index (χ4n) is 2.39. The molecule has 3 nitrogen and oxygen atoms in total. The van der Waals surface area contributed by atoms with Gasteiger partial charge in [0.1, 0.15) is 0 Å². The molecule has 0 heterocycles. The van der Waals surface area contributed by atoms with Crippen LogP contribution in [-0.4, -0.2) is 5.11 Å². The van der Waals surface area contributed by atoms with E-state index in [1.54, 1.807) is 0 Å². The van der Waals surface area contributed by atoms with Gasteiger partial charge in [-0.05, 0) is 22.8 Å². The lowest BCUT2D eigenvalue weighted by atomic mass is 9.96. The summed E-state index contributed by atoms with van der Waals surface area (Å²) in [6.45, 7) is 0. The van der Waals surface area contributed by atoms with E-state index in [2.05, 4.69) is 4.98 Å². The van der Waals surface area contributed by atoms with Gasteiger partial charge < -0.3 is 5.11 Å². The molecule has 2 aromatic carbocycles. The lowest BCUT2D eigenvalue weighted by molar-refractivity contribution is 0.402. The molecule has 0 fully saturated rings. The van der Waals surface area contributed by atoms with Crippen LogP contribution >= 0.6 is 0 Å². The first-order chi connectivity index (χ1) is 8.81. The average Bonchev–Trinajstić information content (AvgIpc) is 2.52. The second-order valence-corrected chi connectivity index (χ2v) is 4.27.